The Balaban J connectivity index is 1.90. The summed E-state index contributed by atoms with van der Waals surface area (Å²) in [6.07, 6.45) is 2.46. The molecule has 0 atom stereocenters. The summed E-state index contributed by atoms with van der Waals surface area (Å²) in [6, 6.07) is 4.72. The number of aliphatic hydroxyl groups excluding tert-OH is 1. The van der Waals surface area contributed by atoms with E-state index in [0.717, 1.165) is 13.0 Å². The maximum Gasteiger partial charge on any atom is 0.297 e. The molecule has 16 heavy (non-hydrogen) atoms. The first-order chi connectivity index (χ1) is 7.79. The molecule has 2 heterocycles. The fourth-order valence-corrected chi connectivity index (χ4v) is 2.07. The Kier molecular flexibility index (Phi) is 3.58. The highest BCUT2D eigenvalue weighted by molar-refractivity contribution is 7.09. The van der Waals surface area contributed by atoms with Crippen LogP contribution >= 0.6 is 11.3 Å². The lowest BCUT2D eigenvalue weighted by atomic mass is 10.3. The molecular formula is C11H14N2O2S. The van der Waals surface area contributed by atoms with Gasteiger partial charge >= 0.3 is 0 Å². The van der Waals surface area contributed by atoms with Crippen molar-refractivity contribution >= 4 is 17.4 Å². The SMILES string of the molecule is CN(CCc1cccs1)c1nc(CO)co1. The summed E-state index contributed by atoms with van der Waals surface area (Å²) in [5, 5.41) is 10.9. The Hall–Kier alpha value is -1.33. The Morgan fingerprint density at radius 2 is 2.44 bits per heavy atom. The average Bonchev–Trinajstić information content (AvgIpc) is 2.96. The Labute approximate surface area is 98.2 Å². The van der Waals surface area contributed by atoms with Crippen LogP contribution in [0.3, 0.4) is 0 Å². The number of hydrogen-bond acceptors (Lipinski definition) is 5. The first kappa shape index (κ1) is 11.2. The van der Waals surface area contributed by atoms with Crippen LogP contribution in [0.2, 0.25) is 0 Å². The van der Waals surface area contributed by atoms with Crippen LogP contribution in [0.25, 0.3) is 0 Å². The quantitative estimate of drug-likeness (QED) is 0.864. The Bertz CT molecular complexity index is 425. The lowest BCUT2D eigenvalue weighted by molar-refractivity contribution is 0.276. The Morgan fingerprint density at radius 3 is 3.06 bits per heavy atom. The molecule has 2 aromatic rings. The van der Waals surface area contributed by atoms with E-state index in [-0.39, 0.29) is 6.61 Å². The molecule has 1 N–H and O–H groups in total. The van der Waals surface area contributed by atoms with E-state index in [1.165, 1.54) is 11.1 Å². The first-order valence-electron chi connectivity index (χ1n) is 5.08. The van der Waals surface area contributed by atoms with E-state index in [0.29, 0.717) is 11.7 Å². The van der Waals surface area contributed by atoms with Crippen molar-refractivity contribution in [1.82, 2.24) is 4.98 Å². The summed E-state index contributed by atoms with van der Waals surface area (Å²) in [4.78, 5) is 7.43. The molecule has 0 fully saturated rings. The van der Waals surface area contributed by atoms with Crippen molar-refractivity contribution in [3.8, 4) is 0 Å². The molecule has 5 heteroatoms. The highest BCUT2D eigenvalue weighted by atomic mass is 32.1. The standard InChI is InChI=1S/C11H14N2O2S/c1-13(5-4-10-3-2-6-16-10)11-12-9(7-14)8-15-11/h2-3,6,8,14H,4-5,7H2,1H3. The molecule has 0 aliphatic carbocycles. The number of likely N-dealkylation sites (N-methyl/N-ethyl adjacent to an activating group) is 1. The van der Waals surface area contributed by atoms with E-state index in [9.17, 15) is 0 Å². The minimum atomic E-state index is -0.0811. The molecule has 0 radical (unpaired) electrons. The summed E-state index contributed by atoms with van der Waals surface area (Å²) in [6.45, 7) is 0.772. The van der Waals surface area contributed by atoms with E-state index >= 15 is 0 Å². The van der Waals surface area contributed by atoms with Crippen LogP contribution in [0.1, 0.15) is 10.6 Å². The lowest BCUT2D eigenvalue weighted by Crippen LogP contribution is -2.20. The van der Waals surface area contributed by atoms with Crippen LogP contribution in [-0.4, -0.2) is 23.7 Å². The molecule has 0 saturated heterocycles. The summed E-state index contributed by atoms with van der Waals surface area (Å²) < 4.78 is 5.25. The minimum absolute atomic E-state index is 0.0811. The average molecular weight is 238 g/mol. The summed E-state index contributed by atoms with van der Waals surface area (Å²) in [5.41, 5.74) is 0.568. The number of anilines is 1. The molecule has 2 rings (SSSR count). The van der Waals surface area contributed by atoms with Gasteiger partial charge in [-0.2, -0.15) is 4.98 Å². The zero-order valence-corrected chi connectivity index (χ0v) is 9.91. The van der Waals surface area contributed by atoms with Gasteiger partial charge in [-0.05, 0) is 17.9 Å². The van der Waals surface area contributed by atoms with Gasteiger partial charge in [-0.3, -0.25) is 0 Å². The topological polar surface area (TPSA) is 49.5 Å². The van der Waals surface area contributed by atoms with E-state index in [2.05, 4.69) is 22.5 Å². The van der Waals surface area contributed by atoms with Gasteiger partial charge in [0.1, 0.15) is 12.0 Å². The van der Waals surface area contributed by atoms with E-state index in [1.54, 1.807) is 11.3 Å². The number of aromatic nitrogens is 1. The third kappa shape index (κ3) is 2.62. The predicted octanol–water partition coefficient (Wildman–Crippen LogP) is 1.91. The predicted molar refractivity (Wildman–Crippen MR) is 63.7 cm³/mol. The number of oxazole rings is 1. The number of nitrogens with zero attached hydrogens (tertiary/aromatic N) is 2. The number of rotatable bonds is 5. The van der Waals surface area contributed by atoms with Gasteiger partial charge in [0.15, 0.2) is 0 Å². The maximum absolute atomic E-state index is 8.87. The molecule has 4 nitrogen and oxygen atoms in total. The van der Waals surface area contributed by atoms with Crippen molar-refractivity contribution in [2.24, 2.45) is 0 Å². The smallest absolute Gasteiger partial charge is 0.297 e. The zero-order chi connectivity index (χ0) is 11.4. The molecule has 0 bridgehead atoms. The lowest BCUT2D eigenvalue weighted by Gasteiger charge is -2.13. The second kappa shape index (κ2) is 5.14. The van der Waals surface area contributed by atoms with Gasteiger partial charge in [-0.15, -0.1) is 11.3 Å². The third-order valence-electron chi connectivity index (χ3n) is 2.30. The number of aliphatic hydroxyl groups is 1. The third-order valence-corrected chi connectivity index (χ3v) is 3.24. The molecule has 0 amide bonds. The highest BCUT2D eigenvalue weighted by Gasteiger charge is 2.08. The van der Waals surface area contributed by atoms with Crippen molar-refractivity contribution in [2.75, 3.05) is 18.5 Å². The van der Waals surface area contributed by atoms with Gasteiger partial charge in [-0.25, -0.2) is 0 Å². The molecule has 0 spiro atoms. The largest absolute Gasteiger partial charge is 0.432 e. The second-order valence-corrected chi connectivity index (χ2v) is 4.56. The molecule has 0 saturated carbocycles. The molecule has 86 valence electrons. The van der Waals surface area contributed by atoms with Crippen molar-refractivity contribution in [1.29, 1.82) is 0 Å². The maximum atomic E-state index is 8.87. The van der Waals surface area contributed by atoms with Gasteiger partial charge in [0.05, 0.1) is 6.61 Å². The summed E-state index contributed by atoms with van der Waals surface area (Å²) in [7, 11) is 1.93. The zero-order valence-electron chi connectivity index (χ0n) is 9.09. The van der Waals surface area contributed by atoms with Crippen molar-refractivity contribution in [2.45, 2.75) is 13.0 Å². The van der Waals surface area contributed by atoms with Crippen LogP contribution in [0.4, 0.5) is 6.01 Å². The van der Waals surface area contributed by atoms with Gasteiger partial charge in [0.2, 0.25) is 0 Å². The molecule has 2 aromatic heterocycles. The van der Waals surface area contributed by atoms with E-state index in [1.807, 2.05) is 11.9 Å². The second-order valence-electron chi connectivity index (χ2n) is 3.53. The fraction of sp³-hybridized carbons (Fsp3) is 0.364. The highest BCUT2D eigenvalue weighted by Crippen LogP contribution is 2.14. The van der Waals surface area contributed by atoms with Crippen LogP contribution < -0.4 is 4.90 Å². The monoisotopic (exact) mass is 238 g/mol. The van der Waals surface area contributed by atoms with Crippen molar-refractivity contribution in [3.05, 3.63) is 34.3 Å². The Morgan fingerprint density at radius 1 is 1.56 bits per heavy atom. The molecule has 0 aliphatic rings. The summed E-state index contributed by atoms with van der Waals surface area (Å²) >= 11 is 1.75. The summed E-state index contributed by atoms with van der Waals surface area (Å²) in [5.74, 6) is 0. The van der Waals surface area contributed by atoms with Gasteiger partial charge < -0.3 is 14.4 Å². The van der Waals surface area contributed by atoms with Gasteiger partial charge in [0.25, 0.3) is 6.01 Å². The van der Waals surface area contributed by atoms with Crippen LogP contribution in [-0.2, 0) is 13.0 Å². The molecular weight excluding hydrogens is 224 g/mol. The van der Waals surface area contributed by atoms with E-state index in [4.69, 9.17) is 9.52 Å². The van der Waals surface area contributed by atoms with Gasteiger partial charge in [0, 0.05) is 18.5 Å². The molecule has 0 aromatic carbocycles. The number of thiophene rings is 1. The first-order valence-corrected chi connectivity index (χ1v) is 5.96. The molecule has 0 unspecified atom stereocenters. The van der Waals surface area contributed by atoms with Crippen LogP contribution in [0, 0.1) is 0 Å². The van der Waals surface area contributed by atoms with Crippen LogP contribution in [0.5, 0.6) is 0 Å². The van der Waals surface area contributed by atoms with Crippen LogP contribution in [0.15, 0.2) is 28.2 Å². The van der Waals surface area contributed by atoms with Crippen molar-refractivity contribution in [3.63, 3.8) is 0 Å². The number of hydrogen-bond donors (Lipinski definition) is 1. The molecule has 0 aliphatic heterocycles. The fourth-order valence-electron chi connectivity index (χ4n) is 1.37. The minimum Gasteiger partial charge on any atom is -0.432 e. The van der Waals surface area contributed by atoms with Crippen molar-refractivity contribution < 1.29 is 9.52 Å². The van der Waals surface area contributed by atoms with E-state index < -0.39 is 0 Å². The van der Waals surface area contributed by atoms with Gasteiger partial charge in [-0.1, -0.05) is 6.07 Å². The normalized spacial score (nSPS) is 10.6.